The zero-order chi connectivity index (χ0) is 14.7. The molecule has 2 aromatic carbocycles. The largest absolute Gasteiger partial charge is 0.489 e. The highest BCUT2D eigenvalue weighted by Crippen LogP contribution is 2.21. The van der Waals surface area contributed by atoms with Crippen LogP contribution in [0.1, 0.15) is 11.1 Å². The van der Waals surface area contributed by atoms with Gasteiger partial charge >= 0.3 is 0 Å². The average Bonchev–Trinajstić information content (AvgIpc) is 2.54. The summed E-state index contributed by atoms with van der Waals surface area (Å²) >= 11 is 0. The highest BCUT2D eigenvalue weighted by molar-refractivity contribution is 5.79. The Morgan fingerprint density at radius 2 is 2.05 bits per heavy atom. The Bertz CT molecular complexity index is 840. The van der Waals surface area contributed by atoms with Crippen molar-refractivity contribution in [1.82, 2.24) is 4.98 Å². The Morgan fingerprint density at radius 3 is 2.90 bits per heavy atom. The second-order valence-corrected chi connectivity index (χ2v) is 4.54. The normalized spacial score (nSPS) is 10.3. The fourth-order valence-corrected chi connectivity index (χ4v) is 2.07. The van der Waals surface area contributed by atoms with Crippen molar-refractivity contribution < 1.29 is 9.13 Å². The maximum atomic E-state index is 13.9. The molecule has 0 bridgehead atoms. The van der Waals surface area contributed by atoms with Gasteiger partial charge in [0.1, 0.15) is 24.2 Å². The number of nitriles is 1. The van der Waals surface area contributed by atoms with Gasteiger partial charge in [0.25, 0.3) is 0 Å². The molecule has 0 aliphatic heterocycles. The fraction of sp³-hybridized carbons (Fsp3) is 0.0588. The second-order valence-electron chi connectivity index (χ2n) is 4.54. The van der Waals surface area contributed by atoms with Crippen molar-refractivity contribution in [3.63, 3.8) is 0 Å². The average molecular weight is 278 g/mol. The molecule has 21 heavy (non-hydrogen) atoms. The van der Waals surface area contributed by atoms with E-state index >= 15 is 0 Å². The molecule has 0 amide bonds. The van der Waals surface area contributed by atoms with Gasteiger partial charge in [-0.15, -0.1) is 0 Å². The Labute approximate surface area is 121 Å². The maximum absolute atomic E-state index is 13.9. The van der Waals surface area contributed by atoms with Crippen molar-refractivity contribution in [3.05, 3.63) is 71.7 Å². The molecule has 102 valence electrons. The monoisotopic (exact) mass is 278 g/mol. The van der Waals surface area contributed by atoms with Gasteiger partial charge in [-0.1, -0.05) is 18.2 Å². The smallest absolute Gasteiger partial charge is 0.147 e. The number of nitrogens with zero attached hydrogens (tertiary/aromatic N) is 2. The third kappa shape index (κ3) is 2.67. The molecule has 3 rings (SSSR count). The standard InChI is InChI=1S/C17H11FN2O/c18-17-13(10-19)3-1-4-14(17)11-21-15-7-6-12-5-2-8-20-16(12)9-15/h1-9H,11H2. The quantitative estimate of drug-likeness (QED) is 0.731. The summed E-state index contributed by atoms with van der Waals surface area (Å²) in [6, 6.07) is 15.9. The number of rotatable bonds is 3. The number of hydrogen-bond donors (Lipinski definition) is 0. The van der Waals surface area contributed by atoms with E-state index in [0.29, 0.717) is 11.3 Å². The predicted molar refractivity (Wildman–Crippen MR) is 77.2 cm³/mol. The molecule has 0 aliphatic rings. The molecular weight excluding hydrogens is 267 g/mol. The van der Waals surface area contributed by atoms with Crippen LogP contribution in [0.4, 0.5) is 4.39 Å². The first kappa shape index (κ1) is 13.1. The van der Waals surface area contributed by atoms with Gasteiger partial charge in [0, 0.05) is 23.2 Å². The highest BCUT2D eigenvalue weighted by Gasteiger charge is 2.08. The van der Waals surface area contributed by atoms with Crippen LogP contribution in [0.25, 0.3) is 10.9 Å². The van der Waals surface area contributed by atoms with Crippen molar-refractivity contribution in [3.8, 4) is 11.8 Å². The summed E-state index contributed by atoms with van der Waals surface area (Å²) in [5, 5.41) is 9.82. The second kappa shape index (κ2) is 5.59. The van der Waals surface area contributed by atoms with E-state index in [1.54, 1.807) is 24.4 Å². The molecule has 0 radical (unpaired) electrons. The van der Waals surface area contributed by atoms with E-state index in [-0.39, 0.29) is 12.2 Å². The van der Waals surface area contributed by atoms with Gasteiger partial charge in [-0.25, -0.2) is 4.39 Å². The summed E-state index contributed by atoms with van der Waals surface area (Å²) in [5.74, 6) is 0.0851. The van der Waals surface area contributed by atoms with Crippen molar-refractivity contribution in [1.29, 1.82) is 5.26 Å². The van der Waals surface area contributed by atoms with Gasteiger partial charge in [0.15, 0.2) is 0 Å². The molecule has 0 spiro atoms. The Balaban J connectivity index is 1.82. The van der Waals surface area contributed by atoms with Crippen molar-refractivity contribution in [2.45, 2.75) is 6.61 Å². The minimum absolute atomic E-state index is 0.0243. The number of pyridine rings is 1. The van der Waals surface area contributed by atoms with Gasteiger partial charge in [-0.3, -0.25) is 4.98 Å². The topological polar surface area (TPSA) is 45.9 Å². The molecule has 1 aromatic heterocycles. The van der Waals surface area contributed by atoms with Crippen LogP contribution in [0.2, 0.25) is 0 Å². The van der Waals surface area contributed by atoms with E-state index in [4.69, 9.17) is 10.00 Å². The third-order valence-electron chi connectivity index (χ3n) is 3.17. The molecule has 4 heteroatoms. The van der Waals surface area contributed by atoms with Gasteiger partial charge in [-0.05, 0) is 24.3 Å². The molecule has 3 aromatic rings. The lowest BCUT2D eigenvalue weighted by Gasteiger charge is -2.08. The minimum Gasteiger partial charge on any atom is -0.489 e. The van der Waals surface area contributed by atoms with Gasteiger partial charge in [0.05, 0.1) is 11.1 Å². The zero-order valence-corrected chi connectivity index (χ0v) is 11.1. The minimum atomic E-state index is -0.529. The number of ether oxygens (including phenoxy) is 1. The lowest BCUT2D eigenvalue weighted by atomic mass is 10.1. The molecular formula is C17H11FN2O. The van der Waals surface area contributed by atoms with E-state index < -0.39 is 5.82 Å². The van der Waals surface area contributed by atoms with Crippen molar-refractivity contribution in [2.75, 3.05) is 0 Å². The highest BCUT2D eigenvalue weighted by atomic mass is 19.1. The van der Waals surface area contributed by atoms with Crippen LogP contribution in [0.3, 0.4) is 0 Å². The number of hydrogen-bond acceptors (Lipinski definition) is 3. The van der Waals surface area contributed by atoms with Crippen LogP contribution >= 0.6 is 0 Å². The number of aromatic nitrogens is 1. The zero-order valence-electron chi connectivity index (χ0n) is 11.1. The summed E-state index contributed by atoms with van der Waals surface area (Å²) < 4.78 is 19.5. The first-order chi connectivity index (χ1) is 10.3. The molecule has 0 saturated carbocycles. The van der Waals surface area contributed by atoms with E-state index in [1.165, 1.54) is 6.07 Å². The van der Waals surface area contributed by atoms with Gasteiger partial charge < -0.3 is 4.74 Å². The van der Waals surface area contributed by atoms with Gasteiger partial charge in [-0.2, -0.15) is 5.26 Å². The van der Waals surface area contributed by atoms with E-state index in [0.717, 1.165) is 10.9 Å². The summed E-state index contributed by atoms with van der Waals surface area (Å²) in [6.07, 6.45) is 1.71. The lowest BCUT2D eigenvalue weighted by Crippen LogP contribution is -2.00. The molecule has 3 nitrogen and oxygen atoms in total. The van der Waals surface area contributed by atoms with Crippen LogP contribution in [0.15, 0.2) is 54.7 Å². The molecule has 0 aliphatic carbocycles. The van der Waals surface area contributed by atoms with Crippen LogP contribution in [0, 0.1) is 17.1 Å². The van der Waals surface area contributed by atoms with Gasteiger partial charge in [0.2, 0.25) is 0 Å². The number of benzene rings is 2. The fourth-order valence-electron chi connectivity index (χ4n) is 2.07. The Hall–Kier alpha value is -2.93. The molecule has 0 atom stereocenters. The summed E-state index contributed by atoms with van der Waals surface area (Å²) in [6.45, 7) is 0.0691. The van der Waals surface area contributed by atoms with Crippen LogP contribution in [-0.2, 0) is 6.61 Å². The van der Waals surface area contributed by atoms with E-state index in [2.05, 4.69) is 4.98 Å². The van der Waals surface area contributed by atoms with E-state index in [9.17, 15) is 4.39 Å². The summed E-state index contributed by atoms with van der Waals surface area (Å²) in [4.78, 5) is 4.24. The lowest BCUT2D eigenvalue weighted by molar-refractivity contribution is 0.300. The van der Waals surface area contributed by atoms with Crippen LogP contribution < -0.4 is 4.74 Å². The maximum Gasteiger partial charge on any atom is 0.147 e. The van der Waals surface area contributed by atoms with Crippen molar-refractivity contribution in [2.24, 2.45) is 0 Å². The molecule has 0 saturated heterocycles. The Morgan fingerprint density at radius 1 is 1.14 bits per heavy atom. The third-order valence-corrected chi connectivity index (χ3v) is 3.17. The first-order valence-corrected chi connectivity index (χ1v) is 6.43. The number of fused-ring (bicyclic) bond motifs is 1. The van der Waals surface area contributed by atoms with Crippen molar-refractivity contribution >= 4 is 10.9 Å². The summed E-state index contributed by atoms with van der Waals surface area (Å²) in [5.41, 5.74) is 1.20. The molecule has 1 heterocycles. The molecule has 0 unspecified atom stereocenters. The van der Waals surface area contributed by atoms with E-state index in [1.807, 2.05) is 30.3 Å². The van der Waals surface area contributed by atoms with Crippen LogP contribution in [-0.4, -0.2) is 4.98 Å². The Kier molecular flexibility index (Phi) is 3.48. The SMILES string of the molecule is N#Cc1cccc(COc2ccc3cccnc3c2)c1F. The number of halogens is 1. The summed E-state index contributed by atoms with van der Waals surface area (Å²) in [7, 11) is 0. The van der Waals surface area contributed by atoms with Crippen LogP contribution in [0.5, 0.6) is 5.75 Å². The first-order valence-electron chi connectivity index (χ1n) is 6.43. The molecule has 0 N–H and O–H groups in total. The molecule has 0 fully saturated rings. The predicted octanol–water partition coefficient (Wildman–Crippen LogP) is 3.82.